The van der Waals surface area contributed by atoms with Crippen molar-refractivity contribution < 1.29 is 0 Å². The van der Waals surface area contributed by atoms with E-state index in [4.69, 9.17) is 0 Å². The first-order valence-corrected chi connectivity index (χ1v) is 6.18. The van der Waals surface area contributed by atoms with Gasteiger partial charge in [-0.05, 0) is 57.8 Å². The molecule has 1 fully saturated rings. The molecule has 0 atom stereocenters. The molecule has 0 spiro atoms. The molecule has 1 aliphatic carbocycles. The summed E-state index contributed by atoms with van der Waals surface area (Å²) in [5.74, 6) is 1.94. The Balaban J connectivity index is 1.91. The van der Waals surface area contributed by atoms with E-state index in [0.29, 0.717) is 0 Å². The normalized spacial score (nSPS) is 27.9. The van der Waals surface area contributed by atoms with E-state index in [1.54, 1.807) is 0 Å². The van der Waals surface area contributed by atoms with Gasteiger partial charge in [0.05, 0.1) is 0 Å². The Labute approximate surface area is 88.8 Å². The molecule has 2 nitrogen and oxygen atoms in total. The van der Waals surface area contributed by atoms with Crippen LogP contribution in [0.5, 0.6) is 0 Å². The second-order valence-corrected chi connectivity index (χ2v) is 4.79. The van der Waals surface area contributed by atoms with Crippen LogP contribution in [0.25, 0.3) is 0 Å². The lowest BCUT2D eigenvalue weighted by Gasteiger charge is -2.26. The van der Waals surface area contributed by atoms with Crippen molar-refractivity contribution >= 4 is 0 Å². The van der Waals surface area contributed by atoms with E-state index < -0.39 is 0 Å². The van der Waals surface area contributed by atoms with E-state index in [2.05, 4.69) is 17.6 Å². The van der Waals surface area contributed by atoms with E-state index in [1.165, 1.54) is 45.2 Å². The predicted octanol–water partition coefficient (Wildman–Crippen LogP) is 2.01. The third kappa shape index (κ3) is 4.97. The van der Waals surface area contributed by atoms with Gasteiger partial charge in [-0.3, -0.25) is 0 Å². The standard InChI is InChI=1S/C12H26N2/c1-11-4-6-12(7-5-11)10-14-9-3-8-13-2/h11-14H,3-10H2,1-2H3. The Morgan fingerprint density at radius 1 is 1.07 bits per heavy atom. The smallest absolute Gasteiger partial charge is 0.00205 e. The van der Waals surface area contributed by atoms with Gasteiger partial charge < -0.3 is 10.6 Å². The SMILES string of the molecule is CNCCCNCC1CCC(C)CC1. The van der Waals surface area contributed by atoms with Gasteiger partial charge in [0, 0.05) is 0 Å². The predicted molar refractivity (Wildman–Crippen MR) is 62.5 cm³/mol. The molecular weight excluding hydrogens is 172 g/mol. The van der Waals surface area contributed by atoms with Crippen LogP contribution in [0.15, 0.2) is 0 Å². The molecule has 1 saturated carbocycles. The molecule has 0 unspecified atom stereocenters. The van der Waals surface area contributed by atoms with Crippen molar-refractivity contribution in [3.8, 4) is 0 Å². The second kappa shape index (κ2) is 7.24. The lowest BCUT2D eigenvalue weighted by molar-refractivity contribution is 0.282. The quantitative estimate of drug-likeness (QED) is 0.638. The summed E-state index contributed by atoms with van der Waals surface area (Å²) in [4.78, 5) is 0. The van der Waals surface area contributed by atoms with E-state index in [0.717, 1.165) is 18.4 Å². The molecular formula is C12H26N2. The maximum atomic E-state index is 3.56. The Bertz CT molecular complexity index is 128. The van der Waals surface area contributed by atoms with Crippen molar-refractivity contribution in [3.05, 3.63) is 0 Å². The van der Waals surface area contributed by atoms with Crippen molar-refractivity contribution in [1.29, 1.82) is 0 Å². The molecule has 0 saturated heterocycles. The molecule has 84 valence electrons. The fourth-order valence-corrected chi connectivity index (χ4v) is 2.23. The molecule has 0 aromatic rings. The molecule has 0 aromatic carbocycles. The minimum absolute atomic E-state index is 0.959. The third-order valence-electron chi connectivity index (χ3n) is 3.35. The van der Waals surface area contributed by atoms with Gasteiger partial charge in [0.1, 0.15) is 0 Å². The highest BCUT2D eigenvalue weighted by Gasteiger charge is 2.17. The van der Waals surface area contributed by atoms with Crippen LogP contribution in [-0.2, 0) is 0 Å². The van der Waals surface area contributed by atoms with Gasteiger partial charge in [0.15, 0.2) is 0 Å². The summed E-state index contributed by atoms with van der Waals surface area (Å²) in [6.07, 6.45) is 7.03. The largest absolute Gasteiger partial charge is 0.320 e. The van der Waals surface area contributed by atoms with Crippen molar-refractivity contribution in [2.75, 3.05) is 26.7 Å². The van der Waals surface area contributed by atoms with Crippen LogP contribution in [-0.4, -0.2) is 26.7 Å². The van der Waals surface area contributed by atoms with Gasteiger partial charge >= 0.3 is 0 Å². The number of hydrogen-bond acceptors (Lipinski definition) is 2. The molecule has 0 bridgehead atoms. The molecule has 0 amide bonds. The topological polar surface area (TPSA) is 24.1 Å². The van der Waals surface area contributed by atoms with Crippen LogP contribution in [0.4, 0.5) is 0 Å². The Morgan fingerprint density at radius 3 is 2.43 bits per heavy atom. The van der Waals surface area contributed by atoms with Gasteiger partial charge in [-0.15, -0.1) is 0 Å². The monoisotopic (exact) mass is 198 g/mol. The maximum Gasteiger partial charge on any atom is -0.00205 e. The van der Waals surface area contributed by atoms with Crippen LogP contribution >= 0.6 is 0 Å². The van der Waals surface area contributed by atoms with Gasteiger partial charge in [0.2, 0.25) is 0 Å². The Hall–Kier alpha value is -0.0800. The minimum atomic E-state index is 0.959. The Kier molecular flexibility index (Phi) is 6.20. The summed E-state index contributed by atoms with van der Waals surface area (Å²) in [5.41, 5.74) is 0. The van der Waals surface area contributed by atoms with E-state index >= 15 is 0 Å². The summed E-state index contributed by atoms with van der Waals surface area (Å²) in [7, 11) is 2.02. The highest BCUT2D eigenvalue weighted by Crippen LogP contribution is 2.27. The fourth-order valence-electron chi connectivity index (χ4n) is 2.23. The average molecular weight is 198 g/mol. The zero-order valence-corrected chi connectivity index (χ0v) is 9.81. The lowest BCUT2D eigenvalue weighted by atomic mass is 9.83. The van der Waals surface area contributed by atoms with Gasteiger partial charge in [0.25, 0.3) is 0 Å². The van der Waals surface area contributed by atoms with Gasteiger partial charge in [-0.2, -0.15) is 0 Å². The third-order valence-corrected chi connectivity index (χ3v) is 3.35. The molecule has 2 heteroatoms. The van der Waals surface area contributed by atoms with Crippen LogP contribution in [0.2, 0.25) is 0 Å². The van der Waals surface area contributed by atoms with Crippen LogP contribution in [0, 0.1) is 11.8 Å². The highest BCUT2D eigenvalue weighted by molar-refractivity contribution is 4.71. The van der Waals surface area contributed by atoms with Crippen molar-refractivity contribution in [1.82, 2.24) is 10.6 Å². The van der Waals surface area contributed by atoms with Crippen LogP contribution < -0.4 is 10.6 Å². The van der Waals surface area contributed by atoms with Crippen molar-refractivity contribution in [2.24, 2.45) is 11.8 Å². The zero-order chi connectivity index (χ0) is 10.2. The number of rotatable bonds is 6. The van der Waals surface area contributed by atoms with Crippen LogP contribution in [0.1, 0.15) is 39.0 Å². The van der Waals surface area contributed by atoms with Crippen molar-refractivity contribution in [3.63, 3.8) is 0 Å². The van der Waals surface area contributed by atoms with E-state index in [-0.39, 0.29) is 0 Å². The summed E-state index contributed by atoms with van der Waals surface area (Å²) < 4.78 is 0. The molecule has 2 N–H and O–H groups in total. The Morgan fingerprint density at radius 2 is 1.79 bits per heavy atom. The zero-order valence-electron chi connectivity index (χ0n) is 9.81. The van der Waals surface area contributed by atoms with E-state index in [9.17, 15) is 0 Å². The van der Waals surface area contributed by atoms with Gasteiger partial charge in [-0.1, -0.05) is 19.8 Å². The molecule has 0 aliphatic heterocycles. The molecule has 14 heavy (non-hydrogen) atoms. The fraction of sp³-hybridized carbons (Fsp3) is 1.00. The second-order valence-electron chi connectivity index (χ2n) is 4.79. The summed E-state index contributed by atoms with van der Waals surface area (Å²) >= 11 is 0. The highest BCUT2D eigenvalue weighted by atomic mass is 14.9. The molecule has 0 aromatic heterocycles. The molecule has 0 heterocycles. The first-order chi connectivity index (χ1) is 6.83. The molecule has 1 aliphatic rings. The minimum Gasteiger partial charge on any atom is -0.320 e. The van der Waals surface area contributed by atoms with E-state index in [1.807, 2.05) is 7.05 Å². The lowest BCUT2D eigenvalue weighted by Crippen LogP contribution is -2.28. The molecule has 0 radical (unpaired) electrons. The summed E-state index contributed by atoms with van der Waals surface area (Å²) in [5, 5.41) is 6.74. The summed E-state index contributed by atoms with van der Waals surface area (Å²) in [6, 6.07) is 0. The number of nitrogens with one attached hydrogen (secondary N) is 2. The average Bonchev–Trinajstić information content (AvgIpc) is 2.21. The maximum absolute atomic E-state index is 3.56. The molecule has 1 rings (SSSR count). The number of hydrogen-bond donors (Lipinski definition) is 2. The van der Waals surface area contributed by atoms with Crippen molar-refractivity contribution in [2.45, 2.75) is 39.0 Å². The first kappa shape index (κ1) is 12.0. The van der Waals surface area contributed by atoms with Gasteiger partial charge in [-0.25, -0.2) is 0 Å². The van der Waals surface area contributed by atoms with Crippen LogP contribution in [0.3, 0.4) is 0 Å². The first-order valence-electron chi connectivity index (χ1n) is 6.18. The summed E-state index contributed by atoms with van der Waals surface area (Å²) in [6.45, 7) is 5.94.